The molecule has 7 nitrogen and oxygen atoms in total. The predicted octanol–water partition coefficient (Wildman–Crippen LogP) is 5.02. The predicted molar refractivity (Wildman–Crippen MR) is 162 cm³/mol. The highest BCUT2D eigenvalue weighted by Gasteiger charge is 2.08. The molecular formula is C33H58BrN3O4. The van der Waals surface area contributed by atoms with E-state index in [9.17, 15) is 9.59 Å². The van der Waals surface area contributed by atoms with E-state index in [1.54, 1.807) is 6.20 Å². The summed E-state index contributed by atoms with van der Waals surface area (Å²) in [6.07, 6.45) is 27.6. The largest absolute Gasteiger partial charge is 1.00 e. The van der Waals surface area contributed by atoms with Gasteiger partial charge in [-0.3, -0.25) is 4.79 Å². The van der Waals surface area contributed by atoms with Gasteiger partial charge >= 0.3 is 12.1 Å². The molecule has 1 aromatic heterocycles. The molecule has 1 heterocycles. The number of halogens is 1. The highest BCUT2D eigenvalue weighted by molar-refractivity contribution is 5.69. The Labute approximate surface area is 261 Å². The monoisotopic (exact) mass is 639 g/mol. The molecule has 0 bridgehead atoms. The number of hydrogen-bond acceptors (Lipinski definition) is 5. The van der Waals surface area contributed by atoms with Gasteiger partial charge in [0.1, 0.15) is 13.2 Å². The Morgan fingerprint density at radius 2 is 1.27 bits per heavy atom. The van der Waals surface area contributed by atoms with Crippen LogP contribution in [0.25, 0.3) is 0 Å². The van der Waals surface area contributed by atoms with E-state index in [1.165, 1.54) is 89.9 Å². The number of hydrogen-bond donors (Lipinski definition) is 1. The van der Waals surface area contributed by atoms with Crippen molar-refractivity contribution in [3.63, 3.8) is 0 Å². The number of aryl methyl sites for hydroxylation is 1. The number of nitrogens with one attached hydrogen (secondary N) is 1. The summed E-state index contributed by atoms with van der Waals surface area (Å²) in [5, 5.41) is 7.01. The maximum absolute atomic E-state index is 11.9. The third-order valence-electron chi connectivity index (χ3n) is 7.08. The van der Waals surface area contributed by atoms with Crippen molar-refractivity contribution in [1.29, 1.82) is 0 Å². The third kappa shape index (κ3) is 26.7. The van der Waals surface area contributed by atoms with Gasteiger partial charge in [0.15, 0.2) is 12.7 Å². The number of alkyl carbamates (subject to hydrolysis) is 1. The molecule has 0 spiro atoms. The minimum atomic E-state index is -0.445. The lowest BCUT2D eigenvalue weighted by Gasteiger charge is -2.10. The van der Waals surface area contributed by atoms with Crippen LogP contribution in [0.4, 0.5) is 4.79 Å². The summed E-state index contributed by atoms with van der Waals surface area (Å²) in [5.41, 5.74) is 0.567. The Balaban J connectivity index is 0.0000160. The Bertz CT molecular complexity index is 764. The molecule has 0 aliphatic heterocycles. The summed E-state index contributed by atoms with van der Waals surface area (Å²) < 4.78 is 12.3. The van der Waals surface area contributed by atoms with Gasteiger partial charge in [0.25, 0.3) is 0 Å². The first-order valence-electron chi connectivity index (χ1n) is 16.2. The van der Waals surface area contributed by atoms with Gasteiger partial charge in [-0.15, -0.1) is 0 Å². The molecule has 0 atom stereocenters. The quantitative estimate of drug-likeness (QED) is 0.0633. The molecule has 1 aromatic rings. The first kappa shape index (κ1) is 39.0. The average molecular weight is 641 g/mol. The maximum Gasteiger partial charge on any atom is 0.407 e. The zero-order valence-corrected chi connectivity index (χ0v) is 27.5. The Kier molecular flexibility index (Phi) is 28.1. The van der Waals surface area contributed by atoms with Gasteiger partial charge in [-0.25, -0.2) is 4.79 Å². The van der Waals surface area contributed by atoms with Gasteiger partial charge in [-0.2, -0.15) is 0 Å². The molecule has 0 aromatic carbocycles. The van der Waals surface area contributed by atoms with Crippen LogP contribution >= 0.6 is 0 Å². The molecule has 0 aliphatic carbocycles. The van der Waals surface area contributed by atoms with Crippen molar-refractivity contribution < 1.29 is 40.7 Å². The van der Waals surface area contributed by atoms with Crippen LogP contribution in [0.2, 0.25) is 0 Å². The standard InChI is InChI=1S/C33H57N3O4.BrH/c1-3-4-5-6-7-8-9-10-11-12-13-14-15-16-17-20-25-34-33(38)40-30-31(2)29-39-32(37)24-19-18-22-27-36-28-23-21-26-35-36;/h21,23,26,28H,2-20,22,24-25,27,29-30H2,1H3;1H. The fourth-order valence-corrected chi connectivity index (χ4v) is 4.59. The van der Waals surface area contributed by atoms with Crippen LogP contribution in [-0.4, -0.2) is 36.9 Å². The van der Waals surface area contributed by atoms with E-state index in [4.69, 9.17) is 9.47 Å². The van der Waals surface area contributed by atoms with Gasteiger partial charge < -0.3 is 31.8 Å². The molecule has 236 valence electrons. The average Bonchev–Trinajstić information content (AvgIpc) is 2.97. The molecule has 0 aliphatic rings. The second-order valence-corrected chi connectivity index (χ2v) is 11.0. The van der Waals surface area contributed by atoms with Crippen molar-refractivity contribution >= 4 is 12.1 Å². The van der Waals surface area contributed by atoms with Crippen LogP contribution in [0.3, 0.4) is 0 Å². The molecule has 0 fully saturated rings. The molecule has 8 heteroatoms. The van der Waals surface area contributed by atoms with Crippen LogP contribution < -0.4 is 27.0 Å². The number of amides is 1. The number of carbonyl (C=O) groups is 2. The number of unbranched alkanes of at least 4 members (excludes halogenated alkanes) is 17. The lowest BCUT2D eigenvalue weighted by molar-refractivity contribution is -0.754. The van der Waals surface area contributed by atoms with Gasteiger partial charge in [-0.1, -0.05) is 114 Å². The molecule has 0 saturated heterocycles. The third-order valence-corrected chi connectivity index (χ3v) is 7.08. The van der Waals surface area contributed by atoms with Crippen molar-refractivity contribution in [3.05, 3.63) is 36.7 Å². The van der Waals surface area contributed by atoms with Gasteiger partial charge in [0.2, 0.25) is 0 Å². The second-order valence-electron chi connectivity index (χ2n) is 11.0. The number of nitrogens with zero attached hydrogens (tertiary/aromatic N) is 2. The SMILES string of the molecule is C=C(COC(=O)CCCCC[n+]1ccccn1)COC(=O)NCCCCCCCCCCCCCCCCCC.[Br-]. The van der Waals surface area contributed by atoms with E-state index < -0.39 is 6.09 Å². The summed E-state index contributed by atoms with van der Waals surface area (Å²) in [5.74, 6) is -0.250. The summed E-state index contributed by atoms with van der Waals surface area (Å²) in [4.78, 5) is 23.8. The van der Waals surface area contributed by atoms with E-state index in [0.29, 0.717) is 18.5 Å². The molecule has 1 N–H and O–H groups in total. The molecule has 41 heavy (non-hydrogen) atoms. The number of ether oxygens (including phenoxy) is 2. The molecule has 0 radical (unpaired) electrons. The Morgan fingerprint density at radius 1 is 0.732 bits per heavy atom. The van der Waals surface area contributed by atoms with E-state index in [0.717, 1.165) is 38.6 Å². The Hall–Kier alpha value is -1.96. The van der Waals surface area contributed by atoms with Crippen LogP contribution in [0.15, 0.2) is 36.7 Å². The highest BCUT2D eigenvalue weighted by Crippen LogP contribution is 2.13. The number of carbonyl (C=O) groups excluding carboxylic acids is 2. The first-order valence-corrected chi connectivity index (χ1v) is 16.2. The van der Waals surface area contributed by atoms with E-state index in [2.05, 4.69) is 23.9 Å². The van der Waals surface area contributed by atoms with Gasteiger partial charge in [0.05, 0.1) is 6.20 Å². The molecule has 0 saturated carbocycles. The van der Waals surface area contributed by atoms with Crippen molar-refractivity contribution in [2.45, 2.75) is 142 Å². The lowest BCUT2D eigenvalue weighted by atomic mass is 10.0. The fraction of sp³-hybridized carbons (Fsp3) is 0.758. The lowest BCUT2D eigenvalue weighted by Crippen LogP contribution is -3.00. The van der Waals surface area contributed by atoms with Crippen LogP contribution in [0.5, 0.6) is 0 Å². The van der Waals surface area contributed by atoms with Gasteiger partial charge in [0, 0.05) is 25.5 Å². The van der Waals surface area contributed by atoms with Crippen LogP contribution in [-0.2, 0) is 20.8 Å². The minimum Gasteiger partial charge on any atom is -1.00 e. The molecule has 1 amide bonds. The summed E-state index contributed by atoms with van der Waals surface area (Å²) >= 11 is 0. The van der Waals surface area contributed by atoms with Crippen molar-refractivity contribution in [3.8, 4) is 0 Å². The zero-order chi connectivity index (χ0) is 28.9. The van der Waals surface area contributed by atoms with E-state index >= 15 is 0 Å². The number of rotatable bonds is 27. The summed E-state index contributed by atoms with van der Waals surface area (Å²) in [6, 6.07) is 3.84. The van der Waals surface area contributed by atoms with Crippen molar-refractivity contribution in [1.82, 2.24) is 10.4 Å². The maximum atomic E-state index is 11.9. The first-order chi connectivity index (χ1) is 19.6. The smallest absolute Gasteiger partial charge is 0.407 e. The zero-order valence-electron chi connectivity index (χ0n) is 25.9. The summed E-state index contributed by atoms with van der Waals surface area (Å²) in [6.45, 7) is 7.70. The highest BCUT2D eigenvalue weighted by atomic mass is 79.9. The van der Waals surface area contributed by atoms with Crippen LogP contribution in [0.1, 0.15) is 135 Å². The summed E-state index contributed by atoms with van der Waals surface area (Å²) in [7, 11) is 0. The second kappa shape index (κ2) is 29.5. The molecule has 1 rings (SSSR count). The fourth-order valence-electron chi connectivity index (χ4n) is 4.59. The van der Waals surface area contributed by atoms with E-state index in [-0.39, 0.29) is 36.2 Å². The van der Waals surface area contributed by atoms with E-state index in [1.807, 2.05) is 23.0 Å². The molecule has 0 unspecified atom stereocenters. The molecular weight excluding hydrogens is 582 g/mol. The van der Waals surface area contributed by atoms with Crippen LogP contribution in [0, 0.1) is 0 Å². The normalized spacial score (nSPS) is 10.6. The topological polar surface area (TPSA) is 81.4 Å². The minimum absolute atomic E-state index is 0. The van der Waals surface area contributed by atoms with Gasteiger partial charge in [-0.05, 0) is 36.0 Å². The van der Waals surface area contributed by atoms with Crippen molar-refractivity contribution in [2.24, 2.45) is 0 Å². The number of aromatic nitrogens is 2. The Morgan fingerprint density at radius 3 is 1.83 bits per heavy atom. The van der Waals surface area contributed by atoms with Crippen molar-refractivity contribution in [2.75, 3.05) is 19.8 Å². The number of esters is 1.